The van der Waals surface area contributed by atoms with Gasteiger partial charge in [0, 0.05) is 11.1 Å². The van der Waals surface area contributed by atoms with Crippen LogP contribution < -0.4 is 5.73 Å². The SMILES string of the molecule is N#Cc1cc2cccc(N)c2cc1C#N. The topological polar surface area (TPSA) is 73.6 Å². The minimum absolute atomic E-state index is 0.364. The van der Waals surface area contributed by atoms with E-state index in [1.807, 2.05) is 24.3 Å². The molecule has 2 rings (SSSR count). The van der Waals surface area contributed by atoms with Gasteiger partial charge in [-0.3, -0.25) is 0 Å². The molecule has 0 aliphatic carbocycles. The second-order valence-electron chi connectivity index (χ2n) is 3.19. The predicted molar refractivity (Wildman–Crippen MR) is 57.8 cm³/mol. The molecule has 0 aliphatic rings. The lowest BCUT2D eigenvalue weighted by molar-refractivity contribution is 1.45. The number of benzene rings is 2. The number of anilines is 1. The average Bonchev–Trinajstić information content (AvgIpc) is 2.28. The molecule has 3 nitrogen and oxygen atoms in total. The van der Waals surface area contributed by atoms with Crippen LogP contribution in [0, 0.1) is 22.7 Å². The normalized spacial score (nSPS) is 9.47. The van der Waals surface area contributed by atoms with Crippen LogP contribution in [0.15, 0.2) is 30.3 Å². The van der Waals surface area contributed by atoms with Crippen LogP contribution in [-0.2, 0) is 0 Å². The van der Waals surface area contributed by atoms with Crippen LogP contribution in [0.25, 0.3) is 10.8 Å². The van der Waals surface area contributed by atoms with Crippen molar-refractivity contribution in [2.24, 2.45) is 0 Å². The third kappa shape index (κ3) is 1.37. The Morgan fingerprint density at radius 2 is 1.67 bits per heavy atom. The summed E-state index contributed by atoms with van der Waals surface area (Å²) in [5, 5.41) is 19.4. The van der Waals surface area contributed by atoms with Crippen molar-refractivity contribution in [3.8, 4) is 12.1 Å². The van der Waals surface area contributed by atoms with Crippen LogP contribution in [-0.4, -0.2) is 0 Å². The minimum atomic E-state index is 0.364. The monoisotopic (exact) mass is 193 g/mol. The molecule has 70 valence electrons. The first kappa shape index (κ1) is 9.05. The highest BCUT2D eigenvalue weighted by atomic mass is 14.5. The Balaban J connectivity index is 2.90. The van der Waals surface area contributed by atoms with Gasteiger partial charge in [-0.05, 0) is 23.6 Å². The number of nitriles is 2. The number of rotatable bonds is 0. The quantitative estimate of drug-likeness (QED) is 0.651. The van der Waals surface area contributed by atoms with Gasteiger partial charge in [0.15, 0.2) is 0 Å². The second kappa shape index (κ2) is 3.32. The van der Waals surface area contributed by atoms with Gasteiger partial charge in [0.1, 0.15) is 12.1 Å². The Kier molecular flexibility index (Phi) is 2.00. The number of nitrogens with zero attached hydrogens (tertiary/aromatic N) is 2. The molecule has 15 heavy (non-hydrogen) atoms. The Morgan fingerprint density at radius 3 is 2.33 bits per heavy atom. The van der Waals surface area contributed by atoms with Gasteiger partial charge in [0.05, 0.1) is 11.1 Å². The number of nitrogens with two attached hydrogens (primary N) is 1. The molecule has 0 spiro atoms. The summed E-state index contributed by atoms with van der Waals surface area (Å²) in [5.41, 5.74) is 7.15. The van der Waals surface area contributed by atoms with Crippen molar-refractivity contribution in [2.75, 3.05) is 5.73 Å². The largest absolute Gasteiger partial charge is 0.398 e. The Bertz CT molecular complexity index is 615. The maximum absolute atomic E-state index is 8.86. The zero-order valence-corrected chi connectivity index (χ0v) is 7.86. The Labute approximate surface area is 87.0 Å². The molecule has 0 unspecified atom stereocenters. The van der Waals surface area contributed by atoms with Crippen LogP contribution in [0.1, 0.15) is 11.1 Å². The number of nitrogen functional groups attached to an aromatic ring is 1. The van der Waals surface area contributed by atoms with E-state index < -0.39 is 0 Å². The molecule has 2 aromatic carbocycles. The molecule has 2 aromatic rings. The van der Waals surface area contributed by atoms with Gasteiger partial charge in [-0.15, -0.1) is 0 Å². The third-order valence-corrected chi connectivity index (χ3v) is 2.29. The van der Waals surface area contributed by atoms with E-state index >= 15 is 0 Å². The Hall–Kier alpha value is -2.52. The van der Waals surface area contributed by atoms with Crippen molar-refractivity contribution in [3.63, 3.8) is 0 Å². The summed E-state index contributed by atoms with van der Waals surface area (Å²) in [4.78, 5) is 0. The predicted octanol–water partition coefficient (Wildman–Crippen LogP) is 2.17. The lowest BCUT2D eigenvalue weighted by Gasteiger charge is -2.03. The van der Waals surface area contributed by atoms with Gasteiger partial charge in [0.25, 0.3) is 0 Å². The summed E-state index contributed by atoms with van der Waals surface area (Å²) in [5.74, 6) is 0. The fourth-order valence-electron chi connectivity index (χ4n) is 1.53. The van der Waals surface area contributed by atoms with E-state index in [1.54, 1.807) is 18.2 Å². The smallest absolute Gasteiger partial charge is 0.101 e. The number of hydrogen-bond acceptors (Lipinski definition) is 3. The summed E-state index contributed by atoms with van der Waals surface area (Å²) >= 11 is 0. The standard InChI is InChI=1S/C12H7N3/c13-6-9-4-8-2-1-3-12(15)11(8)5-10(9)7-14/h1-5H,15H2. The molecule has 0 saturated carbocycles. The molecule has 0 saturated heterocycles. The molecule has 0 radical (unpaired) electrons. The lowest BCUT2D eigenvalue weighted by Crippen LogP contribution is -1.89. The molecular weight excluding hydrogens is 186 g/mol. The summed E-state index contributed by atoms with van der Waals surface area (Å²) in [6, 6.07) is 12.8. The van der Waals surface area contributed by atoms with Crippen molar-refractivity contribution in [3.05, 3.63) is 41.5 Å². The van der Waals surface area contributed by atoms with Crippen molar-refractivity contribution in [1.82, 2.24) is 0 Å². The maximum Gasteiger partial charge on any atom is 0.101 e. The zero-order chi connectivity index (χ0) is 10.8. The molecule has 3 heteroatoms. The van der Waals surface area contributed by atoms with Crippen molar-refractivity contribution in [1.29, 1.82) is 10.5 Å². The van der Waals surface area contributed by atoms with E-state index in [9.17, 15) is 0 Å². The van der Waals surface area contributed by atoms with Gasteiger partial charge in [-0.25, -0.2) is 0 Å². The van der Waals surface area contributed by atoms with Crippen LogP contribution in [0.4, 0.5) is 5.69 Å². The molecule has 0 heterocycles. The highest BCUT2D eigenvalue weighted by molar-refractivity contribution is 5.94. The molecule has 0 amide bonds. The van der Waals surface area contributed by atoms with Crippen molar-refractivity contribution >= 4 is 16.5 Å². The minimum Gasteiger partial charge on any atom is -0.398 e. The van der Waals surface area contributed by atoms with Crippen LogP contribution >= 0.6 is 0 Å². The summed E-state index contributed by atoms with van der Waals surface area (Å²) < 4.78 is 0. The van der Waals surface area contributed by atoms with Crippen molar-refractivity contribution < 1.29 is 0 Å². The van der Waals surface area contributed by atoms with Crippen LogP contribution in [0.5, 0.6) is 0 Å². The Morgan fingerprint density at radius 1 is 1.00 bits per heavy atom. The zero-order valence-electron chi connectivity index (χ0n) is 7.86. The highest BCUT2D eigenvalue weighted by Gasteiger charge is 2.05. The van der Waals surface area contributed by atoms with Gasteiger partial charge in [-0.2, -0.15) is 10.5 Å². The molecule has 0 bridgehead atoms. The molecule has 0 aliphatic heterocycles. The first-order valence-electron chi connectivity index (χ1n) is 4.38. The molecule has 0 fully saturated rings. The maximum atomic E-state index is 8.86. The fourth-order valence-corrected chi connectivity index (χ4v) is 1.53. The average molecular weight is 193 g/mol. The molecule has 2 N–H and O–H groups in total. The van der Waals surface area contributed by atoms with Crippen molar-refractivity contribution in [2.45, 2.75) is 0 Å². The van der Waals surface area contributed by atoms with E-state index in [0.717, 1.165) is 10.8 Å². The van der Waals surface area contributed by atoms with E-state index in [4.69, 9.17) is 16.3 Å². The number of fused-ring (bicyclic) bond motifs is 1. The first-order chi connectivity index (χ1) is 7.26. The number of hydrogen-bond donors (Lipinski definition) is 1. The molecule has 0 atom stereocenters. The second-order valence-corrected chi connectivity index (χ2v) is 3.19. The van der Waals surface area contributed by atoms with Crippen LogP contribution in [0.3, 0.4) is 0 Å². The molecular formula is C12H7N3. The molecule has 0 aromatic heterocycles. The highest BCUT2D eigenvalue weighted by Crippen LogP contribution is 2.24. The van der Waals surface area contributed by atoms with Gasteiger partial charge < -0.3 is 5.73 Å². The van der Waals surface area contributed by atoms with Gasteiger partial charge in [-0.1, -0.05) is 12.1 Å². The first-order valence-corrected chi connectivity index (χ1v) is 4.38. The lowest BCUT2D eigenvalue weighted by atomic mass is 10.0. The summed E-state index contributed by atoms with van der Waals surface area (Å²) in [7, 11) is 0. The third-order valence-electron chi connectivity index (χ3n) is 2.29. The summed E-state index contributed by atoms with van der Waals surface area (Å²) in [6.07, 6.45) is 0. The van der Waals surface area contributed by atoms with E-state index in [0.29, 0.717) is 16.8 Å². The van der Waals surface area contributed by atoms with E-state index in [-0.39, 0.29) is 0 Å². The van der Waals surface area contributed by atoms with E-state index in [2.05, 4.69) is 0 Å². The van der Waals surface area contributed by atoms with E-state index in [1.165, 1.54) is 0 Å². The fraction of sp³-hybridized carbons (Fsp3) is 0. The van der Waals surface area contributed by atoms with Gasteiger partial charge >= 0.3 is 0 Å². The van der Waals surface area contributed by atoms with Crippen LogP contribution in [0.2, 0.25) is 0 Å². The van der Waals surface area contributed by atoms with Gasteiger partial charge in [0.2, 0.25) is 0 Å². The summed E-state index contributed by atoms with van der Waals surface area (Å²) in [6.45, 7) is 0.